The molecule has 0 unspecified atom stereocenters. The van der Waals surface area contributed by atoms with E-state index in [0.717, 1.165) is 11.1 Å². The lowest BCUT2D eigenvalue weighted by atomic mass is 10.1. The van der Waals surface area contributed by atoms with Gasteiger partial charge in [0.25, 0.3) is 0 Å². The van der Waals surface area contributed by atoms with Crippen LogP contribution in [0.4, 0.5) is 5.69 Å². The Balaban J connectivity index is 1.96. The van der Waals surface area contributed by atoms with Crippen LogP contribution < -0.4 is 10.6 Å². The van der Waals surface area contributed by atoms with Gasteiger partial charge in [0.1, 0.15) is 0 Å². The summed E-state index contributed by atoms with van der Waals surface area (Å²) in [6.07, 6.45) is 0. The number of hydrogen-bond donors (Lipinski definition) is 3. The average Bonchev–Trinajstić information content (AvgIpc) is 2.55. The van der Waals surface area contributed by atoms with Gasteiger partial charge in [-0.05, 0) is 35.7 Å². The third-order valence-electron chi connectivity index (χ3n) is 3.31. The second-order valence-electron chi connectivity index (χ2n) is 5.05. The van der Waals surface area contributed by atoms with Crippen molar-refractivity contribution in [1.82, 2.24) is 5.32 Å². The van der Waals surface area contributed by atoms with E-state index in [1.54, 1.807) is 42.5 Å². The molecule has 2 aromatic rings. The first-order valence-electron chi connectivity index (χ1n) is 7.04. The molecule has 2 rings (SSSR count). The molecule has 3 N–H and O–H groups in total. The van der Waals surface area contributed by atoms with Gasteiger partial charge in [-0.2, -0.15) is 0 Å². The van der Waals surface area contributed by atoms with Gasteiger partial charge in [0, 0.05) is 6.54 Å². The molecule has 5 nitrogen and oxygen atoms in total. The summed E-state index contributed by atoms with van der Waals surface area (Å²) in [5.74, 6) is -1.56. The van der Waals surface area contributed by atoms with Gasteiger partial charge in [-0.15, -0.1) is 0 Å². The fraction of sp³-hybridized carbons (Fsp3) is 0.176. The van der Waals surface area contributed by atoms with Crippen LogP contribution in [-0.4, -0.2) is 16.9 Å². The molecule has 6 heteroatoms. The molecule has 2 amide bonds. The summed E-state index contributed by atoms with van der Waals surface area (Å²) in [7, 11) is 0. The number of benzene rings is 2. The SMILES string of the molecule is Cc1ccc(NC(=O)C(=O)NCc2ccccc2CO)c(Cl)c1. The van der Waals surface area contributed by atoms with Crippen molar-refractivity contribution in [2.45, 2.75) is 20.1 Å². The summed E-state index contributed by atoms with van der Waals surface area (Å²) >= 11 is 6.02. The molecule has 0 heterocycles. The van der Waals surface area contributed by atoms with Crippen molar-refractivity contribution in [3.63, 3.8) is 0 Å². The van der Waals surface area contributed by atoms with Crippen molar-refractivity contribution in [3.8, 4) is 0 Å². The molecule has 23 heavy (non-hydrogen) atoms. The third kappa shape index (κ3) is 4.55. The average molecular weight is 333 g/mol. The Kier molecular flexibility index (Phi) is 5.73. The van der Waals surface area contributed by atoms with Crippen molar-refractivity contribution in [1.29, 1.82) is 0 Å². The number of carbonyl (C=O) groups excluding carboxylic acids is 2. The molecule has 0 spiro atoms. The molecule has 2 aromatic carbocycles. The zero-order valence-electron chi connectivity index (χ0n) is 12.6. The quantitative estimate of drug-likeness (QED) is 0.752. The number of aryl methyl sites for hydroxylation is 1. The van der Waals surface area contributed by atoms with Crippen LogP contribution in [0.2, 0.25) is 5.02 Å². The fourth-order valence-electron chi connectivity index (χ4n) is 2.04. The maximum absolute atomic E-state index is 11.9. The number of hydrogen-bond acceptors (Lipinski definition) is 3. The van der Waals surface area contributed by atoms with E-state index in [1.807, 2.05) is 6.92 Å². The highest BCUT2D eigenvalue weighted by Gasteiger charge is 2.15. The minimum Gasteiger partial charge on any atom is -0.392 e. The number of aliphatic hydroxyl groups excluding tert-OH is 1. The zero-order valence-corrected chi connectivity index (χ0v) is 13.4. The second-order valence-corrected chi connectivity index (χ2v) is 5.45. The lowest BCUT2D eigenvalue weighted by molar-refractivity contribution is -0.136. The van der Waals surface area contributed by atoms with Crippen LogP contribution >= 0.6 is 11.6 Å². The predicted octanol–water partition coefficient (Wildman–Crippen LogP) is 2.40. The molecule has 0 aromatic heterocycles. The first kappa shape index (κ1) is 17.0. The number of anilines is 1. The Morgan fingerprint density at radius 3 is 2.43 bits per heavy atom. The molecule has 120 valence electrons. The molecule has 0 aliphatic heterocycles. The molecule has 0 bridgehead atoms. The van der Waals surface area contributed by atoms with Crippen molar-refractivity contribution >= 4 is 29.1 Å². The third-order valence-corrected chi connectivity index (χ3v) is 3.62. The van der Waals surface area contributed by atoms with Crippen LogP contribution in [0.25, 0.3) is 0 Å². The molecule has 0 fully saturated rings. The van der Waals surface area contributed by atoms with Gasteiger partial charge in [-0.1, -0.05) is 41.9 Å². The van der Waals surface area contributed by atoms with Crippen molar-refractivity contribution in [3.05, 3.63) is 64.2 Å². The van der Waals surface area contributed by atoms with Crippen molar-refractivity contribution in [2.24, 2.45) is 0 Å². The molecule has 0 aliphatic carbocycles. The Morgan fingerprint density at radius 2 is 1.78 bits per heavy atom. The molecule has 0 saturated carbocycles. The number of aliphatic hydroxyl groups is 1. The van der Waals surface area contributed by atoms with Crippen LogP contribution in [0.3, 0.4) is 0 Å². The van der Waals surface area contributed by atoms with Crippen LogP contribution in [0.5, 0.6) is 0 Å². The summed E-state index contributed by atoms with van der Waals surface area (Å²) in [4.78, 5) is 23.8. The van der Waals surface area contributed by atoms with Crippen molar-refractivity contribution in [2.75, 3.05) is 5.32 Å². The Labute approximate surface area is 139 Å². The van der Waals surface area contributed by atoms with E-state index in [4.69, 9.17) is 11.6 Å². The normalized spacial score (nSPS) is 10.2. The Hall–Kier alpha value is -2.37. The largest absolute Gasteiger partial charge is 0.392 e. The minimum absolute atomic E-state index is 0.128. The topological polar surface area (TPSA) is 78.4 Å². The number of halogens is 1. The molecular formula is C17H17ClN2O3. The second kappa shape index (κ2) is 7.76. The van der Waals surface area contributed by atoms with E-state index >= 15 is 0 Å². The van der Waals surface area contributed by atoms with Gasteiger partial charge in [-0.3, -0.25) is 9.59 Å². The van der Waals surface area contributed by atoms with Crippen LogP contribution in [-0.2, 0) is 22.7 Å². The van der Waals surface area contributed by atoms with Crippen LogP contribution in [0.15, 0.2) is 42.5 Å². The van der Waals surface area contributed by atoms with Gasteiger partial charge >= 0.3 is 11.8 Å². The maximum atomic E-state index is 11.9. The highest BCUT2D eigenvalue weighted by Crippen LogP contribution is 2.22. The van der Waals surface area contributed by atoms with E-state index in [9.17, 15) is 14.7 Å². The number of amides is 2. The Morgan fingerprint density at radius 1 is 1.09 bits per heavy atom. The van der Waals surface area contributed by atoms with E-state index in [1.165, 1.54) is 0 Å². The molecular weight excluding hydrogens is 316 g/mol. The smallest absolute Gasteiger partial charge is 0.313 e. The van der Waals surface area contributed by atoms with E-state index in [2.05, 4.69) is 10.6 Å². The monoisotopic (exact) mass is 332 g/mol. The number of carbonyl (C=O) groups is 2. The Bertz CT molecular complexity index is 732. The highest BCUT2D eigenvalue weighted by molar-refractivity contribution is 6.41. The summed E-state index contributed by atoms with van der Waals surface area (Å²) in [6, 6.07) is 12.3. The predicted molar refractivity (Wildman–Crippen MR) is 89.0 cm³/mol. The van der Waals surface area contributed by atoms with Crippen LogP contribution in [0, 0.1) is 6.92 Å². The first-order valence-corrected chi connectivity index (χ1v) is 7.42. The van der Waals surface area contributed by atoms with Gasteiger partial charge < -0.3 is 15.7 Å². The van der Waals surface area contributed by atoms with Gasteiger partial charge in [-0.25, -0.2) is 0 Å². The van der Waals surface area contributed by atoms with Gasteiger partial charge in [0.15, 0.2) is 0 Å². The lowest BCUT2D eigenvalue weighted by Crippen LogP contribution is -2.35. The van der Waals surface area contributed by atoms with Gasteiger partial charge in [0.05, 0.1) is 17.3 Å². The van der Waals surface area contributed by atoms with E-state index in [0.29, 0.717) is 16.3 Å². The molecule has 0 aliphatic rings. The van der Waals surface area contributed by atoms with Crippen molar-refractivity contribution < 1.29 is 14.7 Å². The summed E-state index contributed by atoms with van der Waals surface area (Å²) in [5.41, 5.74) is 2.80. The minimum atomic E-state index is -0.794. The zero-order chi connectivity index (χ0) is 16.8. The lowest BCUT2D eigenvalue weighted by Gasteiger charge is -2.10. The maximum Gasteiger partial charge on any atom is 0.313 e. The summed E-state index contributed by atoms with van der Waals surface area (Å²) < 4.78 is 0. The standard InChI is InChI=1S/C17H17ClN2O3/c1-11-6-7-15(14(18)8-11)20-17(23)16(22)19-9-12-4-2-3-5-13(12)10-21/h2-8,21H,9-10H2,1H3,(H,19,22)(H,20,23). The molecule has 0 atom stereocenters. The number of nitrogens with one attached hydrogen (secondary N) is 2. The summed E-state index contributed by atoms with van der Waals surface area (Å²) in [6.45, 7) is 1.91. The first-order chi connectivity index (χ1) is 11.0. The molecule has 0 radical (unpaired) electrons. The van der Waals surface area contributed by atoms with E-state index < -0.39 is 11.8 Å². The van der Waals surface area contributed by atoms with Crippen LogP contribution in [0.1, 0.15) is 16.7 Å². The van der Waals surface area contributed by atoms with E-state index in [-0.39, 0.29) is 13.2 Å². The fourth-order valence-corrected chi connectivity index (χ4v) is 2.32. The molecule has 0 saturated heterocycles. The van der Waals surface area contributed by atoms with Gasteiger partial charge in [0.2, 0.25) is 0 Å². The summed E-state index contributed by atoms with van der Waals surface area (Å²) in [5, 5.41) is 14.6. The highest BCUT2D eigenvalue weighted by atomic mass is 35.5. The number of rotatable bonds is 4.